The van der Waals surface area contributed by atoms with E-state index in [0.717, 1.165) is 0 Å². The predicted molar refractivity (Wildman–Crippen MR) is 71.9 cm³/mol. The van der Waals surface area contributed by atoms with Crippen LogP contribution in [0.2, 0.25) is 0 Å². The summed E-state index contributed by atoms with van der Waals surface area (Å²) in [4.78, 5) is 1.47. The van der Waals surface area contributed by atoms with Crippen molar-refractivity contribution >= 4 is 38.9 Å². The number of alkyl halides is 1. The number of hydrogen-bond donors (Lipinski definition) is 0. The molecule has 1 aliphatic rings. The Labute approximate surface area is 109 Å². The molecule has 1 aromatic rings. The monoisotopic (exact) mass is 306 g/mol. The summed E-state index contributed by atoms with van der Waals surface area (Å²) in [6.45, 7) is 0. The lowest BCUT2D eigenvalue weighted by Gasteiger charge is -2.18. The third kappa shape index (κ3) is 3.47. The molecule has 1 saturated carbocycles. The highest BCUT2D eigenvalue weighted by Crippen LogP contribution is 2.32. The Morgan fingerprint density at radius 2 is 2.07 bits per heavy atom. The van der Waals surface area contributed by atoms with E-state index in [1.54, 1.807) is 0 Å². The Kier molecular flexibility index (Phi) is 4.53. The second-order valence-corrected chi connectivity index (χ2v) is 7.43. The van der Waals surface area contributed by atoms with Crippen LogP contribution >= 0.6 is 38.9 Å². The second-order valence-electron chi connectivity index (χ2n) is 4.32. The van der Waals surface area contributed by atoms with E-state index in [4.69, 9.17) is 11.6 Å². The first-order valence-electron chi connectivity index (χ1n) is 5.64. The van der Waals surface area contributed by atoms with Gasteiger partial charge in [-0.2, -0.15) is 0 Å². The van der Waals surface area contributed by atoms with Gasteiger partial charge in [-0.25, -0.2) is 0 Å². The lowest BCUT2D eigenvalue weighted by molar-refractivity contribution is 0.468. The van der Waals surface area contributed by atoms with Gasteiger partial charge in [-0.15, -0.1) is 22.9 Å². The summed E-state index contributed by atoms with van der Waals surface area (Å²) in [6.07, 6.45) is 7.74. The van der Waals surface area contributed by atoms with E-state index in [0.29, 0.717) is 11.3 Å². The standard InChI is InChI=1S/C12H16BrClS/c13-12-7-6-10(15-12)8-9-4-2-1-3-5-11(9)14/h6-7,9,11H,1-5,8H2. The fourth-order valence-corrected chi connectivity index (χ4v) is 4.23. The molecule has 2 atom stereocenters. The van der Waals surface area contributed by atoms with Crippen LogP contribution in [0.5, 0.6) is 0 Å². The van der Waals surface area contributed by atoms with E-state index in [9.17, 15) is 0 Å². The van der Waals surface area contributed by atoms with Crippen molar-refractivity contribution in [2.24, 2.45) is 5.92 Å². The van der Waals surface area contributed by atoms with Gasteiger partial charge in [-0.05, 0) is 53.2 Å². The van der Waals surface area contributed by atoms with Gasteiger partial charge in [0.05, 0.1) is 3.79 Å². The smallest absolute Gasteiger partial charge is 0.0701 e. The van der Waals surface area contributed by atoms with Crippen LogP contribution in [0.1, 0.15) is 37.0 Å². The molecular weight excluding hydrogens is 292 g/mol. The van der Waals surface area contributed by atoms with Gasteiger partial charge in [0.1, 0.15) is 0 Å². The molecule has 0 spiro atoms. The van der Waals surface area contributed by atoms with Gasteiger partial charge in [-0.3, -0.25) is 0 Å². The molecule has 0 saturated heterocycles. The van der Waals surface area contributed by atoms with Crippen LogP contribution in [0.15, 0.2) is 15.9 Å². The van der Waals surface area contributed by atoms with Gasteiger partial charge in [0.2, 0.25) is 0 Å². The van der Waals surface area contributed by atoms with Crippen molar-refractivity contribution in [3.05, 3.63) is 20.8 Å². The van der Waals surface area contributed by atoms with Crippen molar-refractivity contribution < 1.29 is 0 Å². The Morgan fingerprint density at radius 1 is 1.27 bits per heavy atom. The number of halogens is 2. The van der Waals surface area contributed by atoms with E-state index in [-0.39, 0.29) is 0 Å². The third-order valence-corrected chi connectivity index (χ3v) is 5.38. The summed E-state index contributed by atoms with van der Waals surface area (Å²) in [5, 5.41) is 0.397. The molecule has 84 valence electrons. The van der Waals surface area contributed by atoms with E-state index in [1.807, 2.05) is 11.3 Å². The van der Waals surface area contributed by atoms with Crippen LogP contribution in [-0.4, -0.2) is 5.38 Å². The molecule has 1 aliphatic carbocycles. The van der Waals surface area contributed by atoms with Crippen molar-refractivity contribution in [1.29, 1.82) is 0 Å². The van der Waals surface area contributed by atoms with Gasteiger partial charge in [0.25, 0.3) is 0 Å². The minimum atomic E-state index is 0.397. The number of hydrogen-bond acceptors (Lipinski definition) is 1. The van der Waals surface area contributed by atoms with Gasteiger partial charge in [0, 0.05) is 10.3 Å². The molecule has 0 aromatic carbocycles. The molecule has 0 nitrogen and oxygen atoms in total. The van der Waals surface area contributed by atoms with E-state index in [2.05, 4.69) is 28.1 Å². The molecule has 0 N–H and O–H groups in total. The summed E-state index contributed by atoms with van der Waals surface area (Å²) < 4.78 is 1.23. The fraction of sp³-hybridized carbons (Fsp3) is 0.667. The van der Waals surface area contributed by atoms with Gasteiger partial charge in [0.15, 0.2) is 0 Å². The largest absolute Gasteiger partial charge is 0.133 e. The molecule has 1 fully saturated rings. The summed E-state index contributed by atoms with van der Waals surface area (Å²) in [6, 6.07) is 4.36. The molecule has 0 bridgehead atoms. The average molecular weight is 308 g/mol. The van der Waals surface area contributed by atoms with Crippen LogP contribution < -0.4 is 0 Å². The minimum Gasteiger partial charge on any atom is -0.133 e. The Balaban J connectivity index is 1.97. The van der Waals surface area contributed by atoms with Crippen molar-refractivity contribution in [2.75, 3.05) is 0 Å². The highest BCUT2D eigenvalue weighted by atomic mass is 79.9. The maximum absolute atomic E-state index is 6.44. The lowest BCUT2D eigenvalue weighted by atomic mass is 9.95. The van der Waals surface area contributed by atoms with Crippen LogP contribution in [0.3, 0.4) is 0 Å². The molecule has 1 heterocycles. The lowest BCUT2D eigenvalue weighted by Crippen LogP contribution is -2.15. The van der Waals surface area contributed by atoms with Crippen LogP contribution in [0.4, 0.5) is 0 Å². The van der Waals surface area contributed by atoms with Crippen molar-refractivity contribution in [3.8, 4) is 0 Å². The normalized spacial score (nSPS) is 27.6. The van der Waals surface area contributed by atoms with Crippen molar-refractivity contribution in [2.45, 2.75) is 43.9 Å². The first-order chi connectivity index (χ1) is 7.25. The minimum absolute atomic E-state index is 0.397. The van der Waals surface area contributed by atoms with Crippen molar-refractivity contribution in [3.63, 3.8) is 0 Å². The zero-order chi connectivity index (χ0) is 10.7. The quantitative estimate of drug-likeness (QED) is 0.518. The maximum atomic E-state index is 6.44. The Hall–Kier alpha value is 0.470. The molecule has 2 unspecified atom stereocenters. The maximum Gasteiger partial charge on any atom is 0.0701 e. The van der Waals surface area contributed by atoms with Crippen molar-refractivity contribution in [1.82, 2.24) is 0 Å². The second kappa shape index (κ2) is 5.70. The highest BCUT2D eigenvalue weighted by Gasteiger charge is 2.22. The molecular formula is C12H16BrClS. The molecule has 0 radical (unpaired) electrons. The Bertz CT molecular complexity index is 310. The van der Waals surface area contributed by atoms with E-state index < -0.39 is 0 Å². The summed E-state index contributed by atoms with van der Waals surface area (Å²) >= 11 is 11.8. The molecule has 2 rings (SSSR count). The first kappa shape index (κ1) is 11.9. The van der Waals surface area contributed by atoms with Gasteiger partial charge in [-0.1, -0.05) is 19.3 Å². The summed E-state index contributed by atoms with van der Waals surface area (Å²) in [5.74, 6) is 0.694. The van der Waals surface area contributed by atoms with Crippen LogP contribution in [0, 0.1) is 5.92 Å². The molecule has 15 heavy (non-hydrogen) atoms. The fourth-order valence-electron chi connectivity index (χ4n) is 2.29. The van der Waals surface area contributed by atoms with E-state index in [1.165, 1.54) is 47.2 Å². The zero-order valence-corrected chi connectivity index (χ0v) is 11.9. The summed E-state index contributed by atoms with van der Waals surface area (Å²) in [7, 11) is 0. The van der Waals surface area contributed by atoms with Crippen LogP contribution in [-0.2, 0) is 6.42 Å². The summed E-state index contributed by atoms with van der Waals surface area (Å²) in [5.41, 5.74) is 0. The first-order valence-corrected chi connectivity index (χ1v) is 7.68. The highest BCUT2D eigenvalue weighted by molar-refractivity contribution is 9.11. The van der Waals surface area contributed by atoms with Gasteiger partial charge < -0.3 is 0 Å². The zero-order valence-electron chi connectivity index (χ0n) is 8.72. The topological polar surface area (TPSA) is 0 Å². The molecule has 0 aliphatic heterocycles. The van der Waals surface area contributed by atoms with E-state index >= 15 is 0 Å². The number of rotatable bonds is 2. The number of thiophene rings is 1. The average Bonchev–Trinajstić information content (AvgIpc) is 2.50. The molecule has 3 heteroatoms. The molecule has 1 aromatic heterocycles. The predicted octanol–water partition coefficient (Wildman–Crippen LogP) is 5.24. The molecule has 0 amide bonds. The van der Waals surface area contributed by atoms with Gasteiger partial charge >= 0.3 is 0 Å². The Morgan fingerprint density at radius 3 is 2.80 bits per heavy atom. The SMILES string of the molecule is ClC1CCCCCC1Cc1ccc(Br)s1. The third-order valence-electron chi connectivity index (χ3n) is 3.16. The van der Waals surface area contributed by atoms with Crippen LogP contribution in [0.25, 0.3) is 0 Å².